The Kier molecular flexibility index (Phi) is 7.47. The highest BCUT2D eigenvalue weighted by molar-refractivity contribution is 5.83. The van der Waals surface area contributed by atoms with Crippen molar-refractivity contribution >= 4 is 5.91 Å². The molecule has 1 amide bonds. The van der Waals surface area contributed by atoms with Crippen LogP contribution in [0.15, 0.2) is 84.9 Å². The third-order valence-corrected chi connectivity index (χ3v) is 5.21. The number of amides is 1. The third kappa shape index (κ3) is 6.18. The molecule has 6 heteroatoms. The average Bonchev–Trinajstić information content (AvgIpc) is 2.79. The van der Waals surface area contributed by atoms with Gasteiger partial charge in [0.05, 0.1) is 5.56 Å². The van der Waals surface area contributed by atoms with Crippen molar-refractivity contribution in [2.24, 2.45) is 0 Å². The largest absolute Gasteiger partial charge is 0.416 e. The van der Waals surface area contributed by atoms with Gasteiger partial charge in [0.15, 0.2) is 0 Å². The molecule has 0 saturated carbocycles. The summed E-state index contributed by atoms with van der Waals surface area (Å²) in [6.07, 6.45) is -3.15. The van der Waals surface area contributed by atoms with Crippen LogP contribution in [0.4, 0.5) is 13.2 Å². The Bertz CT molecular complexity index is 958. The van der Waals surface area contributed by atoms with Gasteiger partial charge in [-0.2, -0.15) is 13.2 Å². The Morgan fingerprint density at radius 3 is 1.90 bits per heavy atom. The van der Waals surface area contributed by atoms with Gasteiger partial charge >= 0.3 is 6.18 Å². The number of aryl methyl sites for hydroxylation is 1. The number of nitrogens with one attached hydrogen (secondary N) is 2. The van der Waals surface area contributed by atoms with Gasteiger partial charge < -0.3 is 5.32 Å². The molecule has 0 aliphatic rings. The van der Waals surface area contributed by atoms with E-state index < -0.39 is 17.8 Å². The highest BCUT2D eigenvalue weighted by Gasteiger charge is 2.30. The third-order valence-electron chi connectivity index (χ3n) is 5.21. The zero-order chi connectivity index (χ0) is 22.3. The SMILES string of the molecule is CNC(=O)[C@@H](N[C@H](CCc1ccc(C(F)(F)F)cc1)c1ccccc1)c1ccccc1. The van der Waals surface area contributed by atoms with Crippen molar-refractivity contribution in [2.45, 2.75) is 31.1 Å². The Hall–Kier alpha value is -3.12. The van der Waals surface area contributed by atoms with E-state index in [4.69, 9.17) is 0 Å². The van der Waals surface area contributed by atoms with E-state index in [1.165, 1.54) is 12.1 Å². The molecule has 31 heavy (non-hydrogen) atoms. The zero-order valence-electron chi connectivity index (χ0n) is 17.2. The summed E-state index contributed by atoms with van der Waals surface area (Å²) in [7, 11) is 1.60. The maximum atomic E-state index is 12.8. The highest BCUT2D eigenvalue weighted by atomic mass is 19.4. The first-order valence-electron chi connectivity index (χ1n) is 10.1. The van der Waals surface area contributed by atoms with Crippen LogP contribution in [0.5, 0.6) is 0 Å². The quantitative estimate of drug-likeness (QED) is 0.503. The van der Waals surface area contributed by atoms with E-state index in [0.29, 0.717) is 12.8 Å². The van der Waals surface area contributed by atoms with Gasteiger partial charge in [-0.25, -0.2) is 0 Å². The lowest BCUT2D eigenvalue weighted by molar-refractivity contribution is -0.137. The van der Waals surface area contributed by atoms with Crippen LogP contribution < -0.4 is 10.6 Å². The molecule has 0 fully saturated rings. The molecule has 2 atom stereocenters. The molecule has 0 heterocycles. The van der Waals surface area contributed by atoms with Crippen LogP contribution in [0.2, 0.25) is 0 Å². The molecular formula is C25H25F3N2O. The average molecular weight is 426 g/mol. The molecule has 3 aromatic carbocycles. The van der Waals surface area contributed by atoms with Crippen molar-refractivity contribution in [1.29, 1.82) is 0 Å². The van der Waals surface area contributed by atoms with Crippen LogP contribution in [-0.2, 0) is 17.4 Å². The van der Waals surface area contributed by atoms with Crippen LogP contribution in [-0.4, -0.2) is 13.0 Å². The fraction of sp³-hybridized carbons (Fsp3) is 0.240. The van der Waals surface area contributed by atoms with Gasteiger partial charge in [0.1, 0.15) is 6.04 Å². The molecule has 0 aliphatic carbocycles. The summed E-state index contributed by atoms with van der Waals surface area (Å²) in [6, 6.07) is 23.7. The molecule has 0 unspecified atom stereocenters. The minimum atomic E-state index is -4.34. The summed E-state index contributed by atoms with van der Waals surface area (Å²) in [4.78, 5) is 12.6. The standard InChI is InChI=1S/C25H25F3N2O/c1-29-24(31)23(20-10-6-3-7-11-20)30-22(19-8-4-2-5-9-19)17-14-18-12-15-21(16-13-18)25(26,27)28/h2-13,15-16,22-23,30H,14,17H2,1H3,(H,29,31)/t22-,23+/m1/s1. The van der Waals surface area contributed by atoms with Crippen LogP contribution in [0, 0.1) is 0 Å². The van der Waals surface area contributed by atoms with Gasteiger partial charge in [-0.1, -0.05) is 72.8 Å². The number of hydrogen-bond donors (Lipinski definition) is 2. The summed E-state index contributed by atoms with van der Waals surface area (Å²) in [5.41, 5.74) is 2.02. The fourth-order valence-corrected chi connectivity index (χ4v) is 3.52. The number of carbonyl (C=O) groups excluding carboxylic acids is 1. The van der Waals surface area contributed by atoms with E-state index in [2.05, 4.69) is 10.6 Å². The van der Waals surface area contributed by atoms with Crippen molar-refractivity contribution in [3.8, 4) is 0 Å². The van der Waals surface area contributed by atoms with Crippen LogP contribution in [0.1, 0.15) is 40.8 Å². The Morgan fingerprint density at radius 1 is 0.839 bits per heavy atom. The molecule has 0 radical (unpaired) electrons. The number of likely N-dealkylation sites (N-methyl/N-ethyl adjacent to an activating group) is 1. The Labute approximate surface area is 180 Å². The van der Waals surface area contributed by atoms with Crippen molar-refractivity contribution in [1.82, 2.24) is 10.6 Å². The highest BCUT2D eigenvalue weighted by Crippen LogP contribution is 2.30. The maximum Gasteiger partial charge on any atom is 0.416 e. The molecule has 3 rings (SSSR count). The van der Waals surface area contributed by atoms with Gasteiger partial charge in [-0.15, -0.1) is 0 Å². The molecule has 0 aromatic heterocycles. The predicted octanol–water partition coefficient (Wildman–Crippen LogP) is 5.46. The van der Waals surface area contributed by atoms with Crippen molar-refractivity contribution in [2.75, 3.05) is 7.05 Å². The lowest BCUT2D eigenvalue weighted by Gasteiger charge is -2.26. The number of hydrogen-bond acceptors (Lipinski definition) is 2. The predicted molar refractivity (Wildman–Crippen MR) is 115 cm³/mol. The maximum absolute atomic E-state index is 12.8. The summed E-state index contributed by atoms with van der Waals surface area (Å²) in [5, 5.41) is 6.16. The smallest absolute Gasteiger partial charge is 0.358 e. The second kappa shape index (κ2) is 10.3. The van der Waals surface area contributed by atoms with Crippen LogP contribution >= 0.6 is 0 Å². The number of rotatable bonds is 8. The fourth-order valence-electron chi connectivity index (χ4n) is 3.52. The van der Waals surface area contributed by atoms with Gasteiger partial charge in [-0.3, -0.25) is 10.1 Å². The monoisotopic (exact) mass is 426 g/mol. The van der Waals surface area contributed by atoms with Gasteiger partial charge in [0.25, 0.3) is 0 Å². The minimum absolute atomic E-state index is 0.151. The Morgan fingerprint density at radius 2 is 1.39 bits per heavy atom. The number of carbonyl (C=O) groups is 1. The number of benzene rings is 3. The summed E-state index contributed by atoms with van der Waals surface area (Å²) < 4.78 is 38.5. The van der Waals surface area contributed by atoms with E-state index >= 15 is 0 Å². The molecule has 162 valence electrons. The lowest BCUT2D eigenvalue weighted by atomic mass is 9.96. The van der Waals surface area contributed by atoms with Crippen LogP contribution in [0.3, 0.4) is 0 Å². The minimum Gasteiger partial charge on any atom is -0.358 e. The molecule has 0 spiro atoms. The molecule has 0 aliphatic heterocycles. The molecule has 2 N–H and O–H groups in total. The summed E-state index contributed by atoms with van der Waals surface area (Å²) >= 11 is 0. The van der Waals surface area contributed by atoms with E-state index in [1.807, 2.05) is 60.7 Å². The first-order valence-corrected chi connectivity index (χ1v) is 10.1. The van der Waals surface area contributed by atoms with Crippen LogP contribution in [0.25, 0.3) is 0 Å². The van der Waals surface area contributed by atoms with Crippen molar-refractivity contribution < 1.29 is 18.0 Å². The summed E-state index contributed by atoms with van der Waals surface area (Å²) in [6.45, 7) is 0. The van der Waals surface area contributed by atoms with Crippen molar-refractivity contribution in [3.05, 3.63) is 107 Å². The number of halogens is 3. The first-order chi connectivity index (χ1) is 14.9. The van der Waals surface area contributed by atoms with E-state index in [0.717, 1.165) is 28.8 Å². The normalized spacial score (nSPS) is 13.4. The van der Waals surface area contributed by atoms with Gasteiger partial charge in [-0.05, 0) is 41.7 Å². The lowest BCUT2D eigenvalue weighted by Crippen LogP contribution is -2.38. The molecule has 0 saturated heterocycles. The van der Waals surface area contributed by atoms with E-state index in [9.17, 15) is 18.0 Å². The first kappa shape index (κ1) is 22.6. The van der Waals surface area contributed by atoms with Gasteiger partial charge in [0, 0.05) is 13.1 Å². The van der Waals surface area contributed by atoms with Crippen molar-refractivity contribution in [3.63, 3.8) is 0 Å². The van der Waals surface area contributed by atoms with E-state index in [-0.39, 0.29) is 11.9 Å². The van der Waals surface area contributed by atoms with Gasteiger partial charge in [0.2, 0.25) is 5.91 Å². The summed E-state index contributed by atoms with van der Waals surface area (Å²) in [5.74, 6) is -0.151. The molecule has 3 nitrogen and oxygen atoms in total. The Balaban J connectivity index is 1.81. The second-order valence-electron chi connectivity index (χ2n) is 7.32. The number of alkyl halides is 3. The second-order valence-corrected chi connectivity index (χ2v) is 7.32. The molecule has 0 bridgehead atoms. The zero-order valence-corrected chi connectivity index (χ0v) is 17.2. The molecule has 3 aromatic rings. The topological polar surface area (TPSA) is 41.1 Å². The van der Waals surface area contributed by atoms with E-state index in [1.54, 1.807) is 7.05 Å². The molecular weight excluding hydrogens is 401 g/mol.